The van der Waals surface area contributed by atoms with E-state index in [1.807, 2.05) is 0 Å². The predicted molar refractivity (Wildman–Crippen MR) is 80.0 cm³/mol. The van der Waals surface area contributed by atoms with E-state index in [4.69, 9.17) is 10.5 Å². The predicted octanol–water partition coefficient (Wildman–Crippen LogP) is 0.478. The Bertz CT molecular complexity index is 795. The minimum atomic E-state index is -0.754. The lowest BCUT2D eigenvalue weighted by Gasteiger charge is -2.27. The summed E-state index contributed by atoms with van der Waals surface area (Å²) in [5.41, 5.74) is 8.80. The molecule has 0 fully saturated rings. The van der Waals surface area contributed by atoms with Crippen LogP contribution in [0, 0.1) is 0 Å². The molecule has 8 nitrogen and oxygen atoms in total. The van der Waals surface area contributed by atoms with Gasteiger partial charge in [0.1, 0.15) is 12.1 Å². The molecule has 0 saturated carbocycles. The molecule has 1 aromatic heterocycles. The molecule has 2 aliphatic heterocycles. The third kappa shape index (κ3) is 2.33. The van der Waals surface area contributed by atoms with Crippen LogP contribution in [0.1, 0.15) is 16.8 Å². The number of amides is 1. The maximum absolute atomic E-state index is 11.7. The van der Waals surface area contributed by atoms with E-state index in [-0.39, 0.29) is 0 Å². The fraction of sp³-hybridized carbons (Fsp3) is 0.267. The fourth-order valence-corrected chi connectivity index (χ4v) is 2.86. The van der Waals surface area contributed by atoms with Crippen molar-refractivity contribution in [2.45, 2.75) is 25.6 Å². The number of carbonyl (C=O) groups is 1. The number of anilines is 1. The molecule has 0 radical (unpaired) electrons. The molecule has 4 N–H and O–H groups in total. The number of hydrogen-bond donors (Lipinski definition) is 3. The quantitative estimate of drug-likeness (QED) is 0.691. The average molecular weight is 313 g/mol. The highest BCUT2D eigenvalue weighted by atomic mass is 16.5. The molecule has 4 rings (SSSR count). The van der Waals surface area contributed by atoms with Crippen molar-refractivity contribution in [3.05, 3.63) is 41.3 Å². The Morgan fingerprint density at radius 1 is 1.35 bits per heavy atom. The summed E-state index contributed by atoms with van der Waals surface area (Å²) >= 11 is 0. The monoisotopic (exact) mass is 313 g/mol. The van der Waals surface area contributed by atoms with Crippen molar-refractivity contribution >= 4 is 11.6 Å². The van der Waals surface area contributed by atoms with E-state index in [0.717, 1.165) is 16.8 Å². The summed E-state index contributed by atoms with van der Waals surface area (Å²) < 4.78 is 5.87. The molecule has 1 atom stereocenters. The zero-order chi connectivity index (χ0) is 16.0. The highest BCUT2D eigenvalue weighted by molar-refractivity contribution is 5.98. The Labute approximate surface area is 131 Å². The average Bonchev–Trinajstić information content (AvgIpc) is 3.02. The number of hydrogen-bond acceptors (Lipinski definition) is 7. The summed E-state index contributed by atoms with van der Waals surface area (Å²) in [7, 11) is 0. The first-order valence-electron chi connectivity index (χ1n) is 7.26. The van der Waals surface area contributed by atoms with E-state index >= 15 is 0 Å². The number of ether oxygens (including phenoxy) is 1. The van der Waals surface area contributed by atoms with Crippen molar-refractivity contribution in [3.63, 3.8) is 0 Å². The van der Waals surface area contributed by atoms with Gasteiger partial charge in [0.15, 0.2) is 0 Å². The molecule has 8 heteroatoms. The third-order valence-electron chi connectivity index (χ3n) is 4.05. The molecule has 118 valence electrons. The lowest BCUT2D eigenvalue weighted by Crippen LogP contribution is -2.47. The second-order valence-corrected chi connectivity index (χ2v) is 5.56. The maximum atomic E-state index is 11.7. The lowest BCUT2D eigenvalue weighted by molar-refractivity contribution is -0.125. The van der Waals surface area contributed by atoms with Gasteiger partial charge in [0.25, 0.3) is 5.91 Å². The summed E-state index contributed by atoms with van der Waals surface area (Å²) in [6.07, 6.45) is 1.83. The summed E-state index contributed by atoms with van der Waals surface area (Å²) in [4.78, 5) is 20.1. The molecule has 3 heterocycles. The van der Waals surface area contributed by atoms with Crippen LogP contribution in [0.5, 0.6) is 11.6 Å². The highest BCUT2D eigenvalue weighted by Gasteiger charge is 2.30. The largest absolute Gasteiger partial charge is 0.439 e. The Morgan fingerprint density at radius 2 is 2.22 bits per heavy atom. The topological polar surface area (TPSA) is 114 Å². The number of nitrogens with zero attached hydrogens (tertiary/aromatic N) is 3. The second-order valence-electron chi connectivity index (χ2n) is 5.56. The van der Waals surface area contributed by atoms with E-state index in [2.05, 4.69) is 15.3 Å². The molecule has 0 spiro atoms. The summed E-state index contributed by atoms with van der Waals surface area (Å²) in [6, 6.07) is 4.33. The number of carbonyl (C=O) groups excluding carboxylic acids is 1. The minimum absolute atomic E-state index is 0.353. The minimum Gasteiger partial charge on any atom is -0.439 e. The number of nitrogens with one attached hydrogen (secondary N) is 1. The van der Waals surface area contributed by atoms with Crippen LogP contribution in [0.3, 0.4) is 0 Å². The molecule has 0 saturated heterocycles. The SMILES string of the molecule is NC1Cc2cc(Oc3ncnc4c3CNC4)ccc2N(O)C1=O. The van der Waals surface area contributed by atoms with E-state index in [1.54, 1.807) is 18.2 Å². The smallest absolute Gasteiger partial charge is 0.267 e. The second kappa shape index (κ2) is 5.27. The summed E-state index contributed by atoms with van der Waals surface area (Å²) in [6.45, 7) is 1.37. The molecule has 2 aliphatic rings. The number of nitrogens with two attached hydrogens (primary N) is 1. The van der Waals surface area contributed by atoms with Crippen LogP contribution in [0.4, 0.5) is 5.69 Å². The first kappa shape index (κ1) is 14.1. The van der Waals surface area contributed by atoms with Gasteiger partial charge in [-0.25, -0.2) is 9.97 Å². The number of rotatable bonds is 2. The van der Waals surface area contributed by atoms with E-state index in [1.165, 1.54) is 6.33 Å². The van der Waals surface area contributed by atoms with Crippen molar-refractivity contribution in [1.29, 1.82) is 0 Å². The Balaban J connectivity index is 1.66. The van der Waals surface area contributed by atoms with Gasteiger partial charge in [0.05, 0.1) is 23.0 Å². The number of benzene rings is 1. The van der Waals surface area contributed by atoms with Crippen LogP contribution in [0.15, 0.2) is 24.5 Å². The van der Waals surface area contributed by atoms with Gasteiger partial charge in [-0.05, 0) is 30.2 Å². The third-order valence-corrected chi connectivity index (χ3v) is 4.05. The fourth-order valence-electron chi connectivity index (χ4n) is 2.86. The van der Waals surface area contributed by atoms with Crippen LogP contribution in [-0.4, -0.2) is 27.1 Å². The van der Waals surface area contributed by atoms with Crippen LogP contribution in [-0.2, 0) is 24.3 Å². The number of aromatic nitrogens is 2. The Hall–Kier alpha value is -2.55. The highest BCUT2D eigenvalue weighted by Crippen LogP contribution is 2.33. The van der Waals surface area contributed by atoms with Gasteiger partial charge in [-0.15, -0.1) is 0 Å². The van der Waals surface area contributed by atoms with Gasteiger partial charge in [0.2, 0.25) is 5.88 Å². The van der Waals surface area contributed by atoms with Crippen LogP contribution >= 0.6 is 0 Å². The zero-order valence-corrected chi connectivity index (χ0v) is 12.2. The molecule has 23 heavy (non-hydrogen) atoms. The van der Waals surface area contributed by atoms with Gasteiger partial charge in [-0.3, -0.25) is 10.0 Å². The maximum Gasteiger partial charge on any atom is 0.267 e. The van der Waals surface area contributed by atoms with E-state index < -0.39 is 11.9 Å². The summed E-state index contributed by atoms with van der Waals surface area (Å²) in [5.74, 6) is 0.578. The van der Waals surface area contributed by atoms with Crippen molar-refractivity contribution < 1.29 is 14.7 Å². The molecular weight excluding hydrogens is 298 g/mol. The van der Waals surface area contributed by atoms with Crippen molar-refractivity contribution in [2.75, 3.05) is 5.06 Å². The Kier molecular flexibility index (Phi) is 3.22. The van der Waals surface area contributed by atoms with Gasteiger partial charge in [-0.1, -0.05) is 0 Å². The van der Waals surface area contributed by atoms with Gasteiger partial charge < -0.3 is 15.8 Å². The van der Waals surface area contributed by atoms with Gasteiger partial charge >= 0.3 is 0 Å². The zero-order valence-electron chi connectivity index (χ0n) is 12.2. The molecule has 0 bridgehead atoms. The van der Waals surface area contributed by atoms with Gasteiger partial charge in [0, 0.05) is 13.1 Å². The molecule has 2 aromatic rings. The van der Waals surface area contributed by atoms with Crippen molar-refractivity contribution in [3.8, 4) is 11.6 Å². The summed E-state index contributed by atoms with van der Waals surface area (Å²) in [5, 5.41) is 13.6. The molecule has 1 aromatic carbocycles. The van der Waals surface area contributed by atoms with E-state index in [0.29, 0.717) is 41.9 Å². The molecule has 0 aliphatic carbocycles. The van der Waals surface area contributed by atoms with Crippen LogP contribution in [0.25, 0.3) is 0 Å². The van der Waals surface area contributed by atoms with Crippen molar-refractivity contribution in [2.24, 2.45) is 5.73 Å². The van der Waals surface area contributed by atoms with Crippen LogP contribution in [0.2, 0.25) is 0 Å². The number of fused-ring (bicyclic) bond motifs is 2. The first-order chi connectivity index (χ1) is 11.1. The molecule has 1 unspecified atom stereocenters. The van der Waals surface area contributed by atoms with Crippen molar-refractivity contribution in [1.82, 2.24) is 15.3 Å². The van der Waals surface area contributed by atoms with E-state index in [9.17, 15) is 10.0 Å². The first-order valence-corrected chi connectivity index (χ1v) is 7.26. The lowest BCUT2D eigenvalue weighted by atomic mass is 9.99. The van der Waals surface area contributed by atoms with Crippen LogP contribution < -0.4 is 20.9 Å². The normalized spacial score (nSPS) is 19.5. The molecular formula is C15H15N5O3. The Morgan fingerprint density at radius 3 is 3.09 bits per heavy atom. The van der Waals surface area contributed by atoms with Gasteiger partial charge in [-0.2, -0.15) is 5.06 Å². The standard InChI is InChI=1S/C15H15N5O3/c16-11-4-8-3-9(1-2-13(8)20(22)15(11)21)23-14-10-5-17-6-12(10)18-7-19-14/h1-3,7,11,17,22H,4-6,16H2. The number of hydroxylamine groups is 1. The molecule has 1 amide bonds.